The summed E-state index contributed by atoms with van der Waals surface area (Å²) in [4.78, 5) is 39.0. The van der Waals surface area contributed by atoms with Crippen LogP contribution in [-0.4, -0.2) is 13.7 Å². The second-order valence-corrected chi connectivity index (χ2v) is 7.01. The van der Waals surface area contributed by atoms with Crippen molar-refractivity contribution < 1.29 is 39.5 Å². The summed E-state index contributed by atoms with van der Waals surface area (Å²) in [6.45, 7) is 0. The van der Waals surface area contributed by atoms with E-state index in [9.17, 15) is 53.9 Å². The Labute approximate surface area is 191 Å². The van der Waals surface area contributed by atoms with E-state index in [4.69, 9.17) is 0 Å². The molecular weight excluding hydrogens is 513 g/mol. The second kappa shape index (κ2) is 8.58. The molecule has 0 saturated carbocycles. The molecule has 0 unspecified atom stereocenters. The number of benzene rings is 3. The van der Waals surface area contributed by atoms with Crippen LogP contribution in [0.1, 0.15) is 0 Å². The lowest BCUT2D eigenvalue weighted by Gasteiger charge is -2.16. The maximum Gasteiger partial charge on any atom is 0.346 e. The highest BCUT2D eigenvalue weighted by Gasteiger charge is 2.29. The first-order chi connectivity index (χ1) is 16.8. The highest BCUT2D eigenvalue weighted by molar-refractivity contribution is 5.41. The van der Waals surface area contributed by atoms with E-state index in [-0.39, 0.29) is 36.4 Å². The van der Waals surface area contributed by atoms with Crippen molar-refractivity contribution in [3.05, 3.63) is 120 Å². The van der Waals surface area contributed by atoms with E-state index in [0.717, 1.165) is 0 Å². The third kappa shape index (κ3) is 3.77. The molecule has 186 valence electrons. The monoisotopic (exact) mass is 519 g/mol. The summed E-state index contributed by atoms with van der Waals surface area (Å²) in [5.74, 6) is -16.4. The molecule has 0 fully saturated rings. The minimum atomic E-state index is -2.20. The second-order valence-electron chi connectivity index (χ2n) is 7.01. The number of halogens is 9. The van der Waals surface area contributed by atoms with Gasteiger partial charge in [-0.2, -0.15) is 0 Å². The maximum atomic E-state index is 14.5. The Morgan fingerprint density at radius 2 is 0.528 bits per heavy atom. The molecular formula is C21H6F9N3O3. The zero-order valence-corrected chi connectivity index (χ0v) is 16.9. The lowest BCUT2D eigenvalue weighted by atomic mass is 10.2. The number of hydrogen-bond donors (Lipinski definition) is 0. The van der Waals surface area contributed by atoms with Crippen LogP contribution in [0.25, 0.3) is 17.1 Å². The quantitative estimate of drug-likeness (QED) is 0.390. The van der Waals surface area contributed by atoms with Gasteiger partial charge in [0.1, 0.15) is 34.5 Å². The van der Waals surface area contributed by atoms with Crippen LogP contribution in [-0.2, 0) is 0 Å². The topological polar surface area (TPSA) is 66.0 Å². The van der Waals surface area contributed by atoms with Gasteiger partial charge in [0.15, 0.2) is 34.9 Å². The van der Waals surface area contributed by atoms with Gasteiger partial charge >= 0.3 is 17.1 Å². The lowest BCUT2D eigenvalue weighted by molar-refractivity contribution is 0.496. The molecule has 0 aliphatic rings. The molecule has 0 aliphatic carbocycles. The van der Waals surface area contributed by atoms with Crippen LogP contribution in [0, 0.1) is 52.4 Å². The molecule has 0 radical (unpaired) electrons. The fraction of sp³-hybridized carbons (Fsp3) is 0. The van der Waals surface area contributed by atoms with E-state index in [1.165, 1.54) is 0 Å². The van der Waals surface area contributed by atoms with Gasteiger partial charge in [-0.25, -0.2) is 67.6 Å². The Morgan fingerprint density at radius 1 is 0.361 bits per heavy atom. The van der Waals surface area contributed by atoms with Gasteiger partial charge in [-0.05, 0) is 0 Å². The van der Waals surface area contributed by atoms with Crippen molar-refractivity contribution >= 4 is 0 Å². The van der Waals surface area contributed by atoms with Gasteiger partial charge in [-0.1, -0.05) is 0 Å². The first-order valence-electron chi connectivity index (χ1n) is 9.29. The van der Waals surface area contributed by atoms with Crippen molar-refractivity contribution in [2.45, 2.75) is 0 Å². The fourth-order valence-electron chi connectivity index (χ4n) is 3.36. The Balaban J connectivity index is 2.32. The van der Waals surface area contributed by atoms with Crippen LogP contribution < -0.4 is 17.1 Å². The molecule has 0 aliphatic heterocycles. The molecule has 36 heavy (non-hydrogen) atoms. The van der Waals surface area contributed by atoms with Gasteiger partial charge in [0.05, 0.1) is 0 Å². The summed E-state index contributed by atoms with van der Waals surface area (Å²) in [7, 11) is 0. The van der Waals surface area contributed by atoms with Crippen molar-refractivity contribution in [3.63, 3.8) is 0 Å². The third-order valence-electron chi connectivity index (χ3n) is 4.76. The van der Waals surface area contributed by atoms with Crippen molar-refractivity contribution in [2.75, 3.05) is 0 Å². The summed E-state index contributed by atoms with van der Waals surface area (Å²) >= 11 is 0. The average Bonchev–Trinajstić information content (AvgIpc) is 2.73. The minimum absolute atomic E-state index is 0.0256. The summed E-state index contributed by atoms with van der Waals surface area (Å²) < 4.78 is 125. The Bertz CT molecular complexity index is 1460. The van der Waals surface area contributed by atoms with Crippen LogP contribution in [0.2, 0.25) is 0 Å². The first-order valence-corrected chi connectivity index (χ1v) is 9.29. The van der Waals surface area contributed by atoms with Crippen LogP contribution in [0.3, 0.4) is 0 Å². The Kier molecular flexibility index (Phi) is 5.86. The predicted molar refractivity (Wildman–Crippen MR) is 103 cm³/mol. The number of aromatic nitrogens is 3. The van der Waals surface area contributed by atoms with Crippen molar-refractivity contribution in [3.8, 4) is 17.1 Å². The Morgan fingerprint density at radius 3 is 0.694 bits per heavy atom. The summed E-state index contributed by atoms with van der Waals surface area (Å²) in [6, 6.07) is -0.154. The molecule has 0 spiro atoms. The zero-order valence-electron chi connectivity index (χ0n) is 16.9. The van der Waals surface area contributed by atoms with Gasteiger partial charge in [-0.3, -0.25) is 0 Å². The van der Waals surface area contributed by atoms with E-state index < -0.39 is 100 Å². The molecule has 0 saturated heterocycles. The summed E-state index contributed by atoms with van der Waals surface area (Å²) in [6.07, 6.45) is 0. The van der Waals surface area contributed by atoms with Crippen LogP contribution in [0.5, 0.6) is 0 Å². The largest absolute Gasteiger partial charge is 0.346 e. The van der Waals surface area contributed by atoms with E-state index in [0.29, 0.717) is 0 Å². The normalized spacial score (nSPS) is 11.2. The number of rotatable bonds is 3. The van der Waals surface area contributed by atoms with Gasteiger partial charge in [-0.15, -0.1) is 0 Å². The van der Waals surface area contributed by atoms with Crippen LogP contribution in [0.4, 0.5) is 39.5 Å². The van der Waals surface area contributed by atoms with E-state index in [1.807, 2.05) is 0 Å². The fourth-order valence-corrected chi connectivity index (χ4v) is 3.36. The van der Waals surface area contributed by atoms with E-state index in [1.54, 1.807) is 0 Å². The molecule has 3 aromatic carbocycles. The highest BCUT2D eigenvalue weighted by atomic mass is 19.2. The van der Waals surface area contributed by atoms with Crippen LogP contribution in [0.15, 0.2) is 50.8 Å². The molecule has 1 aromatic heterocycles. The van der Waals surface area contributed by atoms with Crippen molar-refractivity contribution in [1.82, 2.24) is 13.7 Å². The third-order valence-corrected chi connectivity index (χ3v) is 4.76. The molecule has 0 bridgehead atoms. The molecule has 0 N–H and O–H groups in total. The van der Waals surface area contributed by atoms with Gasteiger partial charge < -0.3 is 0 Å². The Hall–Kier alpha value is -4.56. The van der Waals surface area contributed by atoms with Crippen molar-refractivity contribution in [1.29, 1.82) is 0 Å². The van der Waals surface area contributed by atoms with Crippen LogP contribution >= 0.6 is 0 Å². The number of nitrogens with zero attached hydrogens (tertiary/aromatic N) is 3. The van der Waals surface area contributed by atoms with Gasteiger partial charge in [0.25, 0.3) is 0 Å². The van der Waals surface area contributed by atoms with Gasteiger partial charge in [0.2, 0.25) is 0 Å². The maximum absolute atomic E-state index is 14.5. The summed E-state index contributed by atoms with van der Waals surface area (Å²) in [5.41, 5.74) is -11.7. The first kappa shape index (κ1) is 24.6. The van der Waals surface area contributed by atoms with Gasteiger partial charge in [0, 0.05) is 36.4 Å². The summed E-state index contributed by atoms with van der Waals surface area (Å²) in [5, 5.41) is 0. The standard InChI is InChI=1S/C21H6F9N3O3/c22-7-1-10(25)16(11(26)2-7)31-19(34)32(17-12(27)3-8(23)4-13(17)28)21(36)33(20(31)35)18-14(29)5-9(24)6-15(18)30/h1-6H. The van der Waals surface area contributed by atoms with E-state index in [2.05, 4.69) is 0 Å². The minimum Gasteiger partial charge on any atom is -0.246 e. The molecule has 6 nitrogen and oxygen atoms in total. The smallest absolute Gasteiger partial charge is 0.246 e. The molecule has 0 amide bonds. The van der Waals surface area contributed by atoms with E-state index >= 15 is 0 Å². The molecule has 1 heterocycles. The highest BCUT2D eigenvalue weighted by Crippen LogP contribution is 2.21. The molecule has 4 rings (SSSR count). The molecule has 0 atom stereocenters. The SMILES string of the molecule is O=c1n(-c2c(F)cc(F)cc2F)c(=O)n(-c2c(F)cc(F)cc2F)c(=O)n1-c1c(F)cc(F)cc1F. The average molecular weight is 519 g/mol. The number of hydrogen-bond acceptors (Lipinski definition) is 3. The molecule has 4 aromatic rings. The zero-order chi connectivity index (χ0) is 26.6. The lowest BCUT2D eigenvalue weighted by Crippen LogP contribution is -2.54. The van der Waals surface area contributed by atoms with Crippen molar-refractivity contribution in [2.24, 2.45) is 0 Å². The molecule has 15 heteroatoms. The predicted octanol–water partition coefficient (Wildman–Crippen LogP) is 3.39.